The Morgan fingerprint density at radius 2 is 2.00 bits per heavy atom. The number of aliphatic imine (C=N–C) groups is 1. The summed E-state index contributed by atoms with van der Waals surface area (Å²) in [5.74, 6) is 0.539. The quantitative estimate of drug-likeness (QED) is 0.625. The smallest absolute Gasteiger partial charge is 0.0746 e. The zero-order valence-corrected chi connectivity index (χ0v) is 17.9. The van der Waals surface area contributed by atoms with Gasteiger partial charge in [-0.15, -0.1) is 0 Å². The number of rotatable bonds is 3. The number of nitrogens with zero attached hydrogens (tertiary/aromatic N) is 2. The summed E-state index contributed by atoms with van der Waals surface area (Å²) in [6.07, 6.45) is 6.81. The van der Waals surface area contributed by atoms with Crippen molar-refractivity contribution < 1.29 is 0 Å². The number of fused-ring (bicyclic) bond motifs is 1. The maximum Gasteiger partial charge on any atom is 0.0746 e. The molecule has 0 radical (unpaired) electrons. The predicted molar refractivity (Wildman–Crippen MR) is 118 cm³/mol. The molecule has 5 rings (SSSR count). The van der Waals surface area contributed by atoms with Gasteiger partial charge in [0.25, 0.3) is 0 Å². The molecule has 0 N–H and O–H groups in total. The zero-order chi connectivity index (χ0) is 19.5. The summed E-state index contributed by atoms with van der Waals surface area (Å²) >= 11 is 6.57. The Bertz CT molecular complexity index is 937. The minimum Gasteiger partial charge on any atom is -0.371 e. The van der Waals surface area contributed by atoms with Crippen LogP contribution in [-0.4, -0.2) is 29.7 Å². The van der Waals surface area contributed by atoms with Crippen molar-refractivity contribution in [3.63, 3.8) is 0 Å². The van der Waals surface area contributed by atoms with E-state index in [1.165, 1.54) is 23.3 Å². The monoisotopic (exact) mass is 392 g/mol. The third kappa shape index (κ3) is 2.57. The fourth-order valence-electron chi connectivity index (χ4n) is 6.05. The molecule has 3 atom stereocenters. The van der Waals surface area contributed by atoms with Gasteiger partial charge >= 0.3 is 0 Å². The summed E-state index contributed by atoms with van der Waals surface area (Å²) in [6.45, 7) is 8.86. The van der Waals surface area contributed by atoms with E-state index >= 15 is 0 Å². The molecule has 28 heavy (non-hydrogen) atoms. The molecule has 1 aromatic carbocycles. The van der Waals surface area contributed by atoms with E-state index in [2.05, 4.69) is 62.1 Å². The Labute approximate surface area is 173 Å². The van der Waals surface area contributed by atoms with E-state index in [9.17, 15) is 0 Å². The minimum atomic E-state index is 0.0345. The molecule has 3 unspecified atom stereocenters. The van der Waals surface area contributed by atoms with Gasteiger partial charge in [-0.05, 0) is 61.3 Å². The Hall–Kier alpha value is -1.80. The van der Waals surface area contributed by atoms with Crippen LogP contribution in [0.2, 0.25) is 0 Å². The van der Waals surface area contributed by atoms with Crippen molar-refractivity contribution in [1.82, 2.24) is 4.90 Å². The molecule has 0 spiro atoms. The van der Waals surface area contributed by atoms with Gasteiger partial charge in [-0.1, -0.05) is 61.4 Å². The summed E-state index contributed by atoms with van der Waals surface area (Å²) in [6, 6.07) is 11.5. The number of likely N-dealkylation sites (tertiary alicyclic amines) is 1. The normalized spacial score (nSPS) is 31.5. The highest BCUT2D eigenvalue weighted by molar-refractivity contribution is 6.30. The highest BCUT2D eigenvalue weighted by Gasteiger charge is 2.52. The topological polar surface area (TPSA) is 15.6 Å². The van der Waals surface area contributed by atoms with Gasteiger partial charge in [-0.3, -0.25) is 4.99 Å². The summed E-state index contributed by atoms with van der Waals surface area (Å²) in [4.78, 5) is 7.66. The number of hydrogen-bond acceptors (Lipinski definition) is 2. The maximum absolute atomic E-state index is 6.57. The number of hydrogen-bond donors (Lipinski definition) is 0. The Morgan fingerprint density at radius 1 is 1.21 bits per heavy atom. The van der Waals surface area contributed by atoms with Gasteiger partial charge in [-0.25, -0.2) is 0 Å². The Kier molecular flexibility index (Phi) is 4.32. The average Bonchev–Trinajstić information content (AvgIpc) is 3.06. The van der Waals surface area contributed by atoms with E-state index < -0.39 is 0 Å². The second-order valence-electron chi connectivity index (χ2n) is 9.00. The molecule has 0 saturated heterocycles. The number of allylic oxidation sites excluding steroid dienone is 4. The van der Waals surface area contributed by atoms with Crippen molar-refractivity contribution in [3.8, 4) is 0 Å². The molecule has 2 aliphatic carbocycles. The lowest BCUT2D eigenvalue weighted by molar-refractivity contribution is 0.149. The van der Waals surface area contributed by atoms with Crippen molar-refractivity contribution in [2.45, 2.75) is 52.5 Å². The molecule has 5 bridgehead atoms. The molecule has 2 heterocycles. The van der Waals surface area contributed by atoms with E-state index in [4.69, 9.17) is 16.6 Å². The van der Waals surface area contributed by atoms with Crippen molar-refractivity contribution in [1.29, 1.82) is 0 Å². The van der Waals surface area contributed by atoms with Gasteiger partial charge < -0.3 is 4.90 Å². The van der Waals surface area contributed by atoms with Crippen LogP contribution < -0.4 is 0 Å². The van der Waals surface area contributed by atoms with E-state index in [0.29, 0.717) is 18.5 Å². The molecule has 0 saturated carbocycles. The molecule has 146 valence electrons. The van der Waals surface area contributed by atoms with E-state index in [0.717, 1.165) is 30.8 Å². The molecule has 0 fully saturated rings. The van der Waals surface area contributed by atoms with E-state index in [1.54, 1.807) is 16.8 Å². The van der Waals surface area contributed by atoms with Gasteiger partial charge in [0, 0.05) is 34.4 Å². The molecular weight excluding hydrogens is 364 g/mol. The second-order valence-corrected chi connectivity index (χ2v) is 9.49. The van der Waals surface area contributed by atoms with E-state index in [1.807, 2.05) is 0 Å². The Morgan fingerprint density at radius 3 is 2.79 bits per heavy atom. The van der Waals surface area contributed by atoms with Crippen LogP contribution in [-0.2, 0) is 6.42 Å². The van der Waals surface area contributed by atoms with Gasteiger partial charge in [0.2, 0.25) is 0 Å². The molecule has 2 aliphatic heterocycles. The minimum absolute atomic E-state index is 0.0345. The van der Waals surface area contributed by atoms with Gasteiger partial charge in [0.05, 0.1) is 6.54 Å². The maximum atomic E-state index is 6.57. The van der Waals surface area contributed by atoms with Crippen LogP contribution in [0, 0.1) is 11.3 Å². The van der Waals surface area contributed by atoms with Crippen molar-refractivity contribution in [2.75, 3.05) is 13.1 Å². The van der Waals surface area contributed by atoms with E-state index in [-0.39, 0.29) is 5.41 Å². The standard InChI is InChI=1S/C25H29ClN2/c1-16-24-14-21-20-13-19(26)15-27-17(2)25(16,3)22(20)9-10-23(21)28(24)12-11-18-7-5-4-6-8-18/h4-8,13,16,24H,9-12,14-15H2,1-3H3. The number of benzene rings is 1. The summed E-state index contributed by atoms with van der Waals surface area (Å²) in [5.41, 5.74) is 8.91. The predicted octanol–water partition coefficient (Wildman–Crippen LogP) is 5.90. The van der Waals surface area contributed by atoms with Gasteiger partial charge in [-0.2, -0.15) is 0 Å². The van der Waals surface area contributed by atoms with Crippen LogP contribution in [0.1, 0.15) is 45.6 Å². The fraction of sp³-hybridized carbons (Fsp3) is 0.480. The summed E-state index contributed by atoms with van der Waals surface area (Å²) in [7, 11) is 0. The first-order chi connectivity index (χ1) is 13.5. The van der Waals surface area contributed by atoms with Crippen molar-refractivity contribution >= 4 is 17.3 Å². The third-order valence-electron chi connectivity index (χ3n) is 7.89. The highest BCUT2D eigenvalue weighted by Crippen LogP contribution is 2.57. The van der Waals surface area contributed by atoms with Crippen LogP contribution in [0.3, 0.4) is 0 Å². The molecule has 4 aliphatic rings. The largest absolute Gasteiger partial charge is 0.371 e. The summed E-state index contributed by atoms with van der Waals surface area (Å²) < 4.78 is 0. The van der Waals surface area contributed by atoms with Crippen LogP contribution in [0.4, 0.5) is 0 Å². The molecule has 1 aromatic rings. The van der Waals surface area contributed by atoms with Crippen LogP contribution in [0.15, 0.2) is 68.8 Å². The second kappa shape index (κ2) is 6.62. The first-order valence-corrected chi connectivity index (χ1v) is 11.0. The zero-order valence-electron chi connectivity index (χ0n) is 17.1. The average molecular weight is 393 g/mol. The van der Waals surface area contributed by atoms with Crippen molar-refractivity contribution in [3.05, 3.63) is 69.4 Å². The van der Waals surface area contributed by atoms with Gasteiger partial charge in [0.15, 0.2) is 0 Å². The lowest BCUT2D eigenvalue weighted by Crippen LogP contribution is -2.48. The molecule has 0 aromatic heterocycles. The summed E-state index contributed by atoms with van der Waals surface area (Å²) in [5, 5.41) is 0.872. The first kappa shape index (κ1) is 18.2. The fourth-order valence-corrected chi connectivity index (χ4v) is 6.22. The molecule has 2 nitrogen and oxygen atoms in total. The highest BCUT2D eigenvalue weighted by atomic mass is 35.5. The van der Waals surface area contributed by atoms with Gasteiger partial charge in [0.1, 0.15) is 0 Å². The number of halogens is 1. The Balaban J connectivity index is 1.60. The molecular formula is C25H29ClN2. The molecule has 0 amide bonds. The third-order valence-corrected chi connectivity index (χ3v) is 8.12. The van der Waals surface area contributed by atoms with Crippen LogP contribution >= 0.6 is 11.6 Å². The van der Waals surface area contributed by atoms with Crippen LogP contribution in [0.5, 0.6) is 0 Å². The molecule has 3 heteroatoms. The lowest BCUT2D eigenvalue weighted by atomic mass is 9.63. The first-order valence-electron chi connectivity index (χ1n) is 10.6. The lowest BCUT2D eigenvalue weighted by Gasteiger charge is -2.48. The van der Waals surface area contributed by atoms with Crippen molar-refractivity contribution in [2.24, 2.45) is 16.3 Å². The SMILES string of the molecule is CC1=NCC(Cl)=CC2=C3CCC4=C2CC(C(C)C13C)N4CCc1ccccc1. The van der Waals surface area contributed by atoms with Crippen LogP contribution in [0.25, 0.3) is 0 Å².